The minimum Gasteiger partial charge on any atom is -0.472 e. The van der Waals surface area contributed by atoms with E-state index in [-0.39, 0.29) is 23.4 Å². The van der Waals surface area contributed by atoms with Crippen LogP contribution in [0.15, 0.2) is 37.4 Å². The van der Waals surface area contributed by atoms with Crippen LogP contribution in [0.25, 0.3) is 11.5 Å². The first kappa shape index (κ1) is 20.0. The maximum atomic E-state index is 12.9. The normalized spacial score (nSPS) is 19.0. The van der Waals surface area contributed by atoms with Crippen molar-refractivity contribution in [1.29, 1.82) is 0 Å². The molecule has 0 N–H and O–H groups in total. The van der Waals surface area contributed by atoms with Crippen LogP contribution < -0.4 is 5.56 Å². The zero-order valence-electron chi connectivity index (χ0n) is 17.4. The van der Waals surface area contributed by atoms with Crippen molar-refractivity contribution in [3.63, 3.8) is 0 Å². The molecular formula is C21H23N5O4S. The highest BCUT2D eigenvalue weighted by molar-refractivity contribution is 7.99. The van der Waals surface area contributed by atoms with Gasteiger partial charge < -0.3 is 13.7 Å². The first-order valence-corrected chi connectivity index (χ1v) is 11.4. The molecule has 0 aliphatic carbocycles. The second kappa shape index (κ2) is 7.99. The number of hydrogen-bond acceptors (Lipinski definition) is 8. The first-order valence-electron chi connectivity index (χ1n) is 10.4. The second-order valence-corrected chi connectivity index (χ2v) is 9.05. The van der Waals surface area contributed by atoms with Crippen molar-refractivity contribution in [3.05, 3.63) is 46.1 Å². The van der Waals surface area contributed by atoms with Crippen LogP contribution in [0.4, 0.5) is 0 Å². The van der Waals surface area contributed by atoms with Gasteiger partial charge in [0.25, 0.3) is 11.4 Å². The van der Waals surface area contributed by atoms with Crippen molar-refractivity contribution in [2.45, 2.75) is 50.2 Å². The number of carbonyl (C=O) groups is 1. The molecular weight excluding hydrogens is 418 g/mol. The summed E-state index contributed by atoms with van der Waals surface area (Å²) in [6, 6.07) is 1.64. The predicted octanol–water partition coefficient (Wildman–Crippen LogP) is 2.95. The Hall–Kier alpha value is -2.88. The highest BCUT2D eigenvalue weighted by Crippen LogP contribution is 2.34. The fraction of sp³-hybridized carbons (Fsp3) is 0.476. The molecule has 1 atom stereocenters. The summed E-state index contributed by atoms with van der Waals surface area (Å²) < 4.78 is 12.6. The number of piperidine rings is 1. The molecule has 1 fully saturated rings. The molecule has 3 aromatic rings. The molecule has 0 radical (unpaired) electrons. The minimum atomic E-state index is -0.141. The summed E-state index contributed by atoms with van der Waals surface area (Å²) in [4.78, 5) is 32.0. The number of aromatic nitrogens is 4. The summed E-state index contributed by atoms with van der Waals surface area (Å²) in [5.41, 5.74) is 2.14. The van der Waals surface area contributed by atoms with Gasteiger partial charge in [0.2, 0.25) is 11.8 Å². The molecule has 5 rings (SSSR count). The second-order valence-electron chi connectivity index (χ2n) is 8.06. The van der Waals surface area contributed by atoms with Gasteiger partial charge in [0.1, 0.15) is 6.26 Å². The number of aryl methyl sites for hydroxylation is 1. The summed E-state index contributed by atoms with van der Waals surface area (Å²) in [5, 5.41) is 9.01. The van der Waals surface area contributed by atoms with Gasteiger partial charge in [-0.25, -0.2) is 4.98 Å². The highest BCUT2D eigenvalue weighted by Gasteiger charge is 2.32. The molecule has 0 bridgehead atoms. The monoisotopic (exact) mass is 441 g/mol. The smallest absolute Gasteiger partial charge is 0.257 e. The standard InChI is InChI=1S/C21H23N5O4S/c1-12-13(2)22-21-26(20(12)28)16(11-31-21)9-17(27)25-6-3-14(4-7-25)18-23-24-19(30-18)15-5-8-29-10-15/h5,8,10,14,16H,3-4,6-7,9,11H2,1-2H3. The third-order valence-electron chi connectivity index (χ3n) is 6.14. The van der Waals surface area contributed by atoms with Crippen LogP contribution in [0.1, 0.15) is 48.4 Å². The van der Waals surface area contributed by atoms with Crippen molar-refractivity contribution >= 4 is 17.7 Å². The van der Waals surface area contributed by atoms with E-state index >= 15 is 0 Å². The van der Waals surface area contributed by atoms with Gasteiger partial charge in [-0.2, -0.15) is 0 Å². The zero-order chi connectivity index (χ0) is 21.5. The summed E-state index contributed by atoms with van der Waals surface area (Å²) in [5.74, 6) is 1.97. The summed E-state index contributed by atoms with van der Waals surface area (Å²) in [6.45, 7) is 4.92. The van der Waals surface area contributed by atoms with Gasteiger partial charge in [0.15, 0.2) is 5.16 Å². The fourth-order valence-corrected chi connectivity index (χ4v) is 5.31. The Morgan fingerprint density at radius 2 is 2.06 bits per heavy atom. The summed E-state index contributed by atoms with van der Waals surface area (Å²) >= 11 is 1.55. The molecule has 9 nitrogen and oxygen atoms in total. The van der Waals surface area contributed by atoms with Crippen LogP contribution in [0.5, 0.6) is 0 Å². The Morgan fingerprint density at radius 3 is 2.81 bits per heavy atom. The fourth-order valence-electron chi connectivity index (χ4n) is 4.13. The van der Waals surface area contributed by atoms with E-state index in [4.69, 9.17) is 8.83 Å². The van der Waals surface area contributed by atoms with Crippen molar-refractivity contribution in [2.75, 3.05) is 18.8 Å². The van der Waals surface area contributed by atoms with Crippen LogP contribution in [-0.4, -0.2) is 49.4 Å². The van der Waals surface area contributed by atoms with Crippen molar-refractivity contribution in [3.8, 4) is 11.5 Å². The van der Waals surface area contributed by atoms with E-state index in [0.29, 0.717) is 42.6 Å². The topological polar surface area (TPSA) is 107 Å². The first-order chi connectivity index (χ1) is 15.0. The van der Waals surface area contributed by atoms with Crippen LogP contribution in [-0.2, 0) is 4.79 Å². The van der Waals surface area contributed by atoms with Crippen LogP contribution in [0.2, 0.25) is 0 Å². The lowest BCUT2D eigenvalue weighted by atomic mass is 9.96. The van der Waals surface area contributed by atoms with Gasteiger partial charge in [-0.3, -0.25) is 14.2 Å². The van der Waals surface area contributed by atoms with Gasteiger partial charge in [-0.05, 0) is 32.8 Å². The van der Waals surface area contributed by atoms with E-state index in [0.717, 1.165) is 29.3 Å². The quantitative estimate of drug-likeness (QED) is 0.569. The van der Waals surface area contributed by atoms with Gasteiger partial charge >= 0.3 is 0 Å². The summed E-state index contributed by atoms with van der Waals surface area (Å²) in [6.07, 6.45) is 5.00. The minimum absolute atomic E-state index is 0.0335. The molecule has 3 aromatic heterocycles. The molecule has 0 saturated carbocycles. The Bertz CT molecular complexity index is 1160. The summed E-state index contributed by atoms with van der Waals surface area (Å²) in [7, 11) is 0. The van der Waals surface area contributed by atoms with E-state index in [1.54, 1.807) is 41.8 Å². The maximum absolute atomic E-state index is 12.9. The number of carbonyl (C=O) groups excluding carboxylic acids is 1. The average molecular weight is 442 g/mol. The Labute approximate surface area is 182 Å². The number of rotatable bonds is 4. The number of thioether (sulfide) groups is 1. The van der Waals surface area contributed by atoms with Gasteiger partial charge in [-0.1, -0.05) is 11.8 Å². The molecule has 1 saturated heterocycles. The lowest BCUT2D eigenvalue weighted by molar-refractivity contribution is -0.133. The third-order valence-corrected chi connectivity index (χ3v) is 7.24. The molecule has 2 aliphatic rings. The van der Waals surface area contributed by atoms with Gasteiger partial charge in [0, 0.05) is 42.4 Å². The maximum Gasteiger partial charge on any atom is 0.257 e. The van der Waals surface area contributed by atoms with E-state index < -0.39 is 0 Å². The molecule has 2 aliphatic heterocycles. The highest BCUT2D eigenvalue weighted by atomic mass is 32.2. The molecule has 0 aromatic carbocycles. The van der Waals surface area contributed by atoms with E-state index in [2.05, 4.69) is 15.2 Å². The Balaban J connectivity index is 1.21. The van der Waals surface area contributed by atoms with Gasteiger partial charge in [0.05, 0.1) is 17.9 Å². The third kappa shape index (κ3) is 3.69. The van der Waals surface area contributed by atoms with E-state index in [1.807, 2.05) is 11.8 Å². The van der Waals surface area contributed by atoms with Crippen LogP contribution in [0.3, 0.4) is 0 Å². The van der Waals surface area contributed by atoms with E-state index in [1.165, 1.54) is 0 Å². The molecule has 10 heteroatoms. The molecule has 5 heterocycles. The molecule has 1 amide bonds. The van der Waals surface area contributed by atoms with Crippen LogP contribution >= 0.6 is 11.8 Å². The SMILES string of the molecule is Cc1nc2n(c(=O)c1C)C(CC(=O)N1CCC(c3nnc(-c4ccoc4)o3)CC1)CS2. The van der Waals surface area contributed by atoms with Crippen LogP contribution in [0, 0.1) is 13.8 Å². The molecule has 162 valence electrons. The van der Waals surface area contributed by atoms with Crippen molar-refractivity contribution in [2.24, 2.45) is 0 Å². The molecule has 31 heavy (non-hydrogen) atoms. The van der Waals surface area contributed by atoms with Crippen molar-refractivity contribution < 1.29 is 13.6 Å². The number of hydrogen-bond donors (Lipinski definition) is 0. The largest absolute Gasteiger partial charge is 0.472 e. The molecule has 1 unspecified atom stereocenters. The number of amides is 1. The average Bonchev–Trinajstić information content (AvgIpc) is 3.53. The number of furan rings is 1. The Morgan fingerprint density at radius 1 is 1.26 bits per heavy atom. The Kier molecular flexibility index (Phi) is 5.17. The van der Waals surface area contributed by atoms with Gasteiger partial charge in [-0.15, -0.1) is 10.2 Å². The van der Waals surface area contributed by atoms with Crippen molar-refractivity contribution in [1.82, 2.24) is 24.6 Å². The lowest BCUT2D eigenvalue weighted by Gasteiger charge is -2.31. The number of fused-ring (bicyclic) bond motifs is 1. The molecule has 0 spiro atoms. The lowest BCUT2D eigenvalue weighted by Crippen LogP contribution is -2.39. The number of nitrogens with zero attached hydrogens (tertiary/aromatic N) is 5. The zero-order valence-corrected chi connectivity index (χ0v) is 18.2. The predicted molar refractivity (Wildman–Crippen MR) is 113 cm³/mol. The van der Waals surface area contributed by atoms with E-state index in [9.17, 15) is 9.59 Å². The number of likely N-dealkylation sites (tertiary alicyclic amines) is 1.